The lowest BCUT2D eigenvalue weighted by atomic mass is 10.0. The van der Waals surface area contributed by atoms with Crippen LogP contribution in [0.15, 0.2) is 21.6 Å². The molecule has 0 aliphatic carbocycles. The Kier molecular flexibility index (Phi) is 5.85. The number of aromatic nitrogens is 2. The van der Waals surface area contributed by atoms with Gasteiger partial charge in [0.1, 0.15) is 0 Å². The summed E-state index contributed by atoms with van der Waals surface area (Å²) in [6, 6.07) is 3.03. The summed E-state index contributed by atoms with van der Waals surface area (Å²) >= 11 is 0. The van der Waals surface area contributed by atoms with Gasteiger partial charge in [-0.2, -0.15) is 9.29 Å². The first-order chi connectivity index (χ1) is 13.2. The van der Waals surface area contributed by atoms with Crippen LogP contribution in [-0.4, -0.2) is 41.9 Å². The smallest absolute Gasteiger partial charge is 0.338 e. The molecule has 1 aliphatic heterocycles. The third kappa shape index (κ3) is 4.25. The Labute approximate surface area is 164 Å². The molecule has 0 saturated carbocycles. The first-order valence-corrected chi connectivity index (χ1v) is 10.7. The predicted molar refractivity (Wildman–Crippen MR) is 101 cm³/mol. The Balaban J connectivity index is 1.84. The molecular weight excluding hydrogens is 382 g/mol. The van der Waals surface area contributed by atoms with E-state index in [9.17, 15) is 13.2 Å². The third-order valence-corrected chi connectivity index (χ3v) is 7.14. The number of hydrogen-bond donors (Lipinski definition) is 0. The molecule has 0 unspecified atom stereocenters. The number of benzene rings is 1. The van der Waals surface area contributed by atoms with Gasteiger partial charge in [-0.25, -0.2) is 13.2 Å². The quantitative estimate of drug-likeness (QED) is 0.702. The van der Waals surface area contributed by atoms with Crippen molar-refractivity contribution in [2.24, 2.45) is 5.92 Å². The average Bonchev–Trinajstić information content (AvgIpc) is 3.07. The molecule has 152 valence electrons. The Morgan fingerprint density at radius 2 is 1.93 bits per heavy atom. The highest BCUT2D eigenvalue weighted by Gasteiger charge is 2.30. The van der Waals surface area contributed by atoms with Crippen molar-refractivity contribution in [2.45, 2.75) is 52.0 Å². The number of ether oxygens (including phenoxy) is 1. The normalized spacial score (nSPS) is 16.3. The summed E-state index contributed by atoms with van der Waals surface area (Å²) in [6.07, 6.45) is 1.67. The number of esters is 1. The average molecular weight is 407 g/mol. The lowest BCUT2D eigenvalue weighted by molar-refractivity contribution is 0.0429. The Morgan fingerprint density at radius 1 is 1.25 bits per heavy atom. The van der Waals surface area contributed by atoms with E-state index in [0.717, 1.165) is 12.8 Å². The molecule has 1 aromatic carbocycles. The number of sulfonamides is 1. The Morgan fingerprint density at radius 3 is 2.54 bits per heavy atom. The largest absolute Gasteiger partial charge is 0.452 e. The number of piperidine rings is 1. The lowest BCUT2D eigenvalue weighted by Crippen LogP contribution is -2.38. The topological polar surface area (TPSA) is 103 Å². The molecule has 0 radical (unpaired) electrons. The van der Waals surface area contributed by atoms with E-state index in [4.69, 9.17) is 9.26 Å². The maximum absolute atomic E-state index is 13.2. The highest BCUT2D eigenvalue weighted by atomic mass is 32.2. The van der Waals surface area contributed by atoms with Gasteiger partial charge in [-0.1, -0.05) is 12.1 Å². The van der Waals surface area contributed by atoms with Gasteiger partial charge in [-0.3, -0.25) is 0 Å². The molecule has 0 atom stereocenters. The number of aryl methyl sites for hydroxylation is 2. The first kappa shape index (κ1) is 20.5. The number of carbonyl (C=O) groups is 1. The molecule has 2 aromatic rings. The summed E-state index contributed by atoms with van der Waals surface area (Å²) in [5, 5.41) is 3.63. The van der Waals surface area contributed by atoms with Crippen LogP contribution >= 0.6 is 0 Å². The van der Waals surface area contributed by atoms with Crippen molar-refractivity contribution in [3.05, 3.63) is 40.5 Å². The lowest BCUT2D eigenvalue weighted by Gasteiger charge is -2.30. The van der Waals surface area contributed by atoms with Crippen molar-refractivity contribution in [3.8, 4) is 0 Å². The molecule has 8 nitrogen and oxygen atoms in total. The van der Waals surface area contributed by atoms with Crippen LogP contribution in [-0.2, 0) is 21.4 Å². The minimum Gasteiger partial charge on any atom is -0.452 e. The van der Waals surface area contributed by atoms with Crippen molar-refractivity contribution in [1.82, 2.24) is 14.4 Å². The van der Waals surface area contributed by atoms with E-state index in [1.807, 2.05) is 0 Å². The Hall–Kier alpha value is -2.26. The molecule has 28 heavy (non-hydrogen) atoms. The molecule has 1 saturated heterocycles. The van der Waals surface area contributed by atoms with Crippen LogP contribution in [0.5, 0.6) is 0 Å². The second kappa shape index (κ2) is 8.00. The van der Waals surface area contributed by atoms with Crippen LogP contribution in [0.1, 0.15) is 53.0 Å². The van der Waals surface area contributed by atoms with Gasteiger partial charge < -0.3 is 9.26 Å². The molecule has 2 heterocycles. The van der Waals surface area contributed by atoms with Gasteiger partial charge in [0, 0.05) is 13.1 Å². The monoisotopic (exact) mass is 407 g/mol. The molecule has 0 bridgehead atoms. The summed E-state index contributed by atoms with van der Waals surface area (Å²) in [5.41, 5.74) is 1.54. The van der Waals surface area contributed by atoms with Crippen molar-refractivity contribution < 1.29 is 22.5 Å². The number of hydrogen-bond acceptors (Lipinski definition) is 7. The van der Waals surface area contributed by atoms with Gasteiger partial charge in [-0.05, 0) is 62.8 Å². The van der Waals surface area contributed by atoms with E-state index in [0.29, 0.717) is 36.0 Å². The second-order valence-corrected chi connectivity index (χ2v) is 9.22. The number of nitrogens with zero attached hydrogens (tertiary/aromatic N) is 3. The van der Waals surface area contributed by atoms with Crippen LogP contribution in [0.4, 0.5) is 0 Å². The van der Waals surface area contributed by atoms with Gasteiger partial charge in [-0.15, -0.1) is 0 Å². The molecule has 1 fully saturated rings. The van der Waals surface area contributed by atoms with Crippen LogP contribution in [0.2, 0.25) is 0 Å². The zero-order valence-corrected chi connectivity index (χ0v) is 17.4. The first-order valence-electron chi connectivity index (χ1n) is 9.26. The highest BCUT2D eigenvalue weighted by molar-refractivity contribution is 7.89. The van der Waals surface area contributed by atoms with Crippen molar-refractivity contribution >= 4 is 16.0 Å². The van der Waals surface area contributed by atoms with Gasteiger partial charge in [0.15, 0.2) is 12.4 Å². The van der Waals surface area contributed by atoms with Gasteiger partial charge in [0.05, 0.1) is 10.5 Å². The maximum Gasteiger partial charge on any atom is 0.338 e. The SMILES string of the molecule is Cc1noc(COC(=O)c2cc(C)c(C)c(S(=O)(=O)N3CCC(C)CC3)c2)n1. The maximum atomic E-state index is 13.2. The molecule has 3 rings (SSSR count). The van der Waals surface area contributed by atoms with Crippen LogP contribution in [0.25, 0.3) is 0 Å². The van der Waals surface area contributed by atoms with Crippen LogP contribution in [0, 0.1) is 26.7 Å². The second-order valence-electron chi connectivity index (χ2n) is 7.31. The van der Waals surface area contributed by atoms with E-state index < -0.39 is 16.0 Å². The summed E-state index contributed by atoms with van der Waals surface area (Å²) in [7, 11) is -3.67. The van der Waals surface area contributed by atoms with Crippen molar-refractivity contribution in [1.29, 1.82) is 0 Å². The summed E-state index contributed by atoms with van der Waals surface area (Å²) < 4.78 is 38.0. The minimum absolute atomic E-state index is 0.155. The van der Waals surface area contributed by atoms with E-state index >= 15 is 0 Å². The molecule has 0 amide bonds. The zero-order valence-electron chi connectivity index (χ0n) is 16.6. The highest BCUT2D eigenvalue weighted by Crippen LogP contribution is 2.28. The molecule has 9 heteroatoms. The summed E-state index contributed by atoms with van der Waals surface area (Å²) in [5.74, 6) is 0.512. The molecule has 0 spiro atoms. The summed E-state index contributed by atoms with van der Waals surface area (Å²) in [4.78, 5) is 16.6. The van der Waals surface area contributed by atoms with E-state index in [1.54, 1.807) is 26.8 Å². The number of carbonyl (C=O) groups excluding carboxylic acids is 1. The van der Waals surface area contributed by atoms with Crippen molar-refractivity contribution in [2.75, 3.05) is 13.1 Å². The van der Waals surface area contributed by atoms with Crippen LogP contribution < -0.4 is 0 Å². The van der Waals surface area contributed by atoms with E-state index in [-0.39, 0.29) is 23.0 Å². The molecule has 1 aromatic heterocycles. The Bertz CT molecular complexity index is 975. The molecular formula is C19H25N3O5S. The van der Waals surface area contributed by atoms with Gasteiger partial charge in [0.25, 0.3) is 5.89 Å². The van der Waals surface area contributed by atoms with E-state index in [2.05, 4.69) is 17.1 Å². The fourth-order valence-electron chi connectivity index (χ4n) is 3.19. The summed E-state index contributed by atoms with van der Waals surface area (Å²) in [6.45, 7) is 8.15. The van der Waals surface area contributed by atoms with E-state index in [1.165, 1.54) is 10.4 Å². The fraction of sp³-hybridized carbons (Fsp3) is 0.526. The van der Waals surface area contributed by atoms with Gasteiger partial charge in [0.2, 0.25) is 10.0 Å². The standard InChI is InChI=1S/C19H25N3O5S/c1-12-5-7-22(8-6-12)28(24,25)17-10-16(9-13(2)14(17)3)19(23)26-11-18-20-15(4)21-27-18/h9-10,12H,5-8,11H2,1-4H3. The molecule has 0 N–H and O–H groups in total. The minimum atomic E-state index is -3.67. The molecule has 1 aliphatic rings. The third-order valence-electron chi connectivity index (χ3n) is 5.11. The van der Waals surface area contributed by atoms with Crippen LogP contribution in [0.3, 0.4) is 0 Å². The number of rotatable bonds is 5. The fourth-order valence-corrected chi connectivity index (χ4v) is 4.98. The van der Waals surface area contributed by atoms with Crippen molar-refractivity contribution in [3.63, 3.8) is 0 Å². The zero-order chi connectivity index (χ0) is 20.5. The predicted octanol–water partition coefficient (Wildman–Crippen LogP) is 2.77. The van der Waals surface area contributed by atoms with Gasteiger partial charge >= 0.3 is 5.97 Å².